The van der Waals surface area contributed by atoms with E-state index in [9.17, 15) is 0 Å². The summed E-state index contributed by atoms with van der Waals surface area (Å²) in [4.78, 5) is 9.64. The van der Waals surface area contributed by atoms with Crippen molar-refractivity contribution in [2.45, 2.75) is 0 Å². The molecule has 0 atom stereocenters. The molecule has 12 heavy (non-hydrogen) atoms. The topological polar surface area (TPSA) is 77.4 Å². The smallest absolute Gasteiger partial charge is 0.0931 e. The van der Waals surface area contributed by atoms with Gasteiger partial charge < -0.3 is 4.98 Å². The Morgan fingerprint density at radius 2 is 2.42 bits per heavy atom. The summed E-state index contributed by atoms with van der Waals surface area (Å²) in [6.07, 6.45) is 1.60. The lowest BCUT2D eigenvalue weighted by Gasteiger charge is -1.89. The highest BCUT2D eigenvalue weighted by Gasteiger charge is 1.94. The molecule has 1 aromatic carbocycles. The molecule has 0 aliphatic heterocycles. The van der Waals surface area contributed by atoms with Crippen LogP contribution in [-0.4, -0.2) is 9.97 Å². The maximum atomic E-state index is 8.17. The van der Waals surface area contributed by atoms with Crippen molar-refractivity contribution < 1.29 is 0 Å². The molecule has 0 saturated heterocycles. The fourth-order valence-corrected chi connectivity index (χ4v) is 1.04. The van der Waals surface area contributed by atoms with Crippen LogP contribution in [0.5, 0.6) is 0 Å². The number of fused-ring (bicyclic) bond motifs is 1. The van der Waals surface area contributed by atoms with Gasteiger partial charge in [-0.05, 0) is 17.7 Å². The molecular formula is C7H5N5. The van der Waals surface area contributed by atoms with Gasteiger partial charge in [0.15, 0.2) is 0 Å². The quantitative estimate of drug-likeness (QED) is 0.387. The summed E-state index contributed by atoms with van der Waals surface area (Å²) < 4.78 is 0. The molecule has 1 aromatic heterocycles. The predicted molar refractivity (Wildman–Crippen MR) is 44.9 cm³/mol. The van der Waals surface area contributed by atoms with Crippen molar-refractivity contribution in [3.05, 3.63) is 35.0 Å². The van der Waals surface area contributed by atoms with Crippen LogP contribution >= 0.6 is 0 Å². The van der Waals surface area contributed by atoms with Crippen molar-refractivity contribution >= 4 is 16.7 Å². The van der Waals surface area contributed by atoms with Crippen LogP contribution in [0.2, 0.25) is 0 Å². The summed E-state index contributed by atoms with van der Waals surface area (Å²) in [5, 5.41) is 3.47. The van der Waals surface area contributed by atoms with Gasteiger partial charge in [0, 0.05) is 10.6 Å². The van der Waals surface area contributed by atoms with Crippen molar-refractivity contribution in [2.75, 3.05) is 0 Å². The third kappa shape index (κ3) is 0.980. The van der Waals surface area contributed by atoms with Gasteiger partial charge in [-0.25, -0.2) is 4.98 Å². The average Bonchev–Trinajstić information content (AvgIpc) is 2.51. The Morgan fingerprint density at radius 1 is 1.50 bits per heavy atom. The molecule has 0 radical (unpaired) electrons. The molecule has 0 unspecified atom stereocenters. The Balaban J connectivity index is 2.67. The third-order valence-electron chi connectivity index (χ3n) is 1.56. The minimum Gasteiger partial charge on any atom is -0.345 e. The van der Waals surface area contributed by atoms with Crippen LogP contribution < -0.4 is 0 Å². The fourth-order valence-electron chi connectivity index (χ4n) is 1.04. The molecular weight excluding hydrogens is 154 g/mol. The SMILES string of the molecule is [N-]=[N+]=Nc1ccc2nc[nH]c2c1. The first-order chi connectivity index (χ1) is 5.90. The van der Waals surface area contributed by atoms with Gasteiger partial charge in [0.1, 0.15) is 0 Å². The number of benzene rings is 1. The van der Waals surface area contributed by atoms with Gasteiger partial charge in [0.25, 0.3) is 0 Å². The lowest BCUT2D eigenvalue weighted by Crippen LogP contribution is -1.67. The highest BCUT2D eigenvalue weighted by molar-refractivity contribution is 5.77. The van der Waals surface area contributed by atoms with Crippen molar-refractivity contribution in [2.24, 2.45) is 5.11 Å². The number of H-pyrrole nitrogens is 1. The van der Waals surface area contributed by atoms with E-state index in [1.165, 1.54) is 0 Å². The number of aromatic nitrogens is 2. The lowest BCUT2D eigenvalue weighted by atomic mass is 10.3. The number of hydrogen-bond donors (Lipinski definition) is 1. The van der Waals surface area contributed by atoms with Crippen LogP contribution in [0, 0.1) is 0 Å². The van der Waals surface area contributed by atoms with E-state index < -0.39 is 0 Å². The van der Waals surface area contributed by atoms with E-state index in [0.29, 0.717) is 5.69 Å². The Morgan fingerprint density at radius 3 is 3.25 bits per heavy atom. The van der Waals surface area contributed by atoms with Crippen LogP contribution in [0.15, 0.2) is 29.6 Å². The molecule has 0 fully saturated rings. The summed E-state index contributed by atoms with van der Waals surface area (Å²) in [6, 6.07) is 5.28. The van der Waals surface area contributed by atoms with Crippen molar-refractivity contribution in [3.8, 4) is 0 Å². The third-order valence-corrected chi connectivity index (χ3v) is 1.56. The van der Waals surface area contributed by atoms with Crippen molar-refractivity contribution in [1.82, 2.24) is 9.97 Å². The van der Waals surface area contributed by atoms with E-state index in [-0.39, 0.29) is 0 Å². The number of imidazole rings is 1. The number of nitrogens with zero attached hydrogens (tertiary/aromatic N) is 4. The zero-order valence-corrected chi connectivity index (χ0v) is 6.10. The van der Waals surface area contributed by atoms with E-state index in [4.69, 9.17) is 5.53 Å². The fraction of sp³-hybridized carbons (Fsp3) is 0. The van der Waals surface area contributed by atoms with Crippen LogP contribution in [0.4, 0.5) is 5.69 Å². The minimum atomic E-state index is 0.592. The van der Waals surface area contributed by atoms with Crippen LogP contribution in [0.1, 0.15) is 0 Å². The van der Waals surface area contributed by atoms with Gasteiger partial charge >= 0.3 is 0 Å². The molecule has 2 aromatic rings. The largest absolute Gasteiger partial charge is 0.345 e. The molecule has 1 heterocycles. The summed E-state index contributed by atoms with van der Waals surface area (Å²) >= 11 is 0. The zero-order valence-electron chi connectivity index (χ0n) is 6.10. The maximum absolute atomic E-state index is 8.17. The van der Waals surface area contributed by atoms with Gasteiger partial charge in [-0.1, -0.05) is 11.2 Å². The first-order valence-corrected chi connectivity index (χ1v) is 3.38. The van der Waals surface area contributed by atoms with Gasteiger partial charge in [-0.2, -0.15) is 0 Å². The van der Waals surface area contributed by atoms with E-state index in [2.05, 4.69) is 20.0 Å². The Bertz CT molecular complexity index is 452. The van der Waals surface area contributed by atoms with E-state index in [1.807, 2.05) is 0 Å². The monoisotopic (exact) mass is 159 g/mol. The molecule has 0 bridgehead atoms. The second kappa shape index (κ2) is 2.56. The highest BCUT2D eigenvalue weighted by atomic mass is 15.1. The first kappa shape index (κ1) is 6.69. The standard InChI is InChI=1S/C7H5N5/c8-12-11-5-1-2-6-7(3-5)10-4-9-6/h1-4H,(H,9,10). The lowest BCUT2D eigenvalue weighted by molar-refractivity contribution is 1.34. The Hall–Kier alpha value is -2.00. The van der Waals surface area contributed by atoms with Crippen LogP contribution in [0.25, 0.3) is 21.5 Å². The molecule has 0 amide bonds. The van der Waals surface area contributed by atoms with Crippen molar-refractivity contribution in [3.63, 3.8) is 0 Å². The summed E-state index contributed by atoms with van der Waals surface area (Å²) in [7, 11) is 0. The van der Waals surface area contributed by atoms with E-state index in [1.54, 1.807) is 24.5 Å². The molecule has 0 aliphatic rings. The normalized spacial score (nSPS) is 9.67. The number of nitrogens with one attached hydrogen (secondary N) is 1. The van der Waals surface area contributed by atoms with E-state index >= 15 is 0 Å². The van der Waals surface area contributed by atoms with Gasteiger partial charge in [0.05, 0.1) is 17.4 Å². The summed E-state index contributed by atoms with van der Waals surface area (Å²) in [6.45, 7) is 0. The van der Waals surface area contributed by atoms with Crippen LogP contribution in [0.3, 0.4) is 0 Å². The first-order valence-electron chi connectivity index (χ1n) is 3.38. The number of rotatable bonds is 1. The summed E-state index contributed by atoms with van der Waals surface area (Å²) in [5.41, 5.74) is 10.5. The second-order valence-corrected chi connectivity index (χ2v) is 2.29. The van der Waals surface area contributed by atoms with E-state index in [0.717, 1.165) is 11.0 Å². The van der Waals surface area contributed by atoms with Crippen molar-refractivity contribution in [1.29, 1.82) is 0 Å². The molecule has 0 spiro atoms. The number of azide groups is 1. The molecule has 0 aliphatic carbocycles. The molecule has 58 valence electrons. The Labute approximate surface area is 67.7 Å². The number of hydrogen-bond acceptors (Lipinski definition) is 2. The maximum Gasteiger partial charge on any atom is 0.0931 e. The molecule has 0 saturated carbocycles. The minimum absolute atomic E-state index is 0.592. The average molecular weight is 159 g/mol. The van der Waals surface area contributed by atoms with Gasteiger partial charge in [-0.15, -0.1) is 0 Å². The second-order valence-electron chi connectivity index (χ2n) is 2.29. The predicted octanol–water partition coefficient (Wildman–Crippen LogP) is 2.50. The highest BCUT2D eigenvalue weighted by Crippen LogP contribution is 2.17. The molecule has 5 heteroatoms. The summed E-state index contributed by atoms with van der Waals surface area (Å²) in [5.74, 6) is 0. The zero-order chi connectivity index (χ0) is 8.39. The number of aromatic amines is 1. The van der Waals surface area contributed by atoms with Gasteiger partial charge in [0.2, 0.25) is 0 Å². The molecule has 2 rings (SSSR count). The Kier molecular flexibility index (Phi) is 1.43. The molecule has 1 N–H and O–H groups in total. The van der Waals surface area contributed by atoms with Gasteiger partial charge in [-0.3, -0.25) is 0 Å². The molecule has 5 nitrogen and oxygen atoms in total. The van der Waals surface area contributed by atoms with Crippen LogP contribution in [-0.2, 0) is 0 Å².